The van der Waals surface area contributed by atoms with Crippen LogP contribution in [-0.2, 0) is 23.1 Å². The largest absolute Gasteiger partial charge is 0.364 e. The topological polar surface area (TPSA) is 141 Å². The minimum Gasteiger partial charge on any atom is -0.364 e. The van der Waals surface area contributed by atoms with E-state index in [4.69, 9.17) is 11.5 Å². The van der Waals surface area contributed by atoms with Crippen LogP contribution in [-0.4, -0.2) is 24.3 Å². The maximum Gasteiger partial charge on any atom is 0.269 e. The summed E-state index contributed by atoms with van der Waals surface area (Å²) in [6.07, 6.45) is 1.43. The Morgan fingerprint density at radius 3 is 2.50 bits per heavy atom. The van der Waals surface area contributed by atoms with E-state index in [0.29, 0.717) is 11.3 Å². The minimum absolute atomic E-state index is 0.0172. The zero-order valence-corrected chi connectivity index (χ0v) is 15.7. The van der Waals surface area contributed by atoms with Gasteiger partial charge in [0, 0.05) is 18.7 Å². The molecule has 0 unspecified atom stereocenters. The van der Waals surface area contributed by atoms with Crippen molar-refractivity contribution in [3.05, 3.63) is 77.7 Å². The van der Waals surface area contributed by atoms with Crippen LogP contribution in [0.3, 0.4) is 0 Å². The smallest absolute Gasteiger partial charge is 0.269 e. The molecule has 0 aliphatic heterocycles. The second kappa shape index (κ2) is 8.26. The predicted octanol–water partition coefficient (Wildman–Crippen LogP) is 1.18. The number of carbonyl (C=O) groups is 1. The van der Waals surface area contributed by atoms with Crippen LogP contribution in [0.5, 0.6) is 0 Å². The van der Waals surface area contributed by atoms with Crippen LogP contribution in [0, 0.1) is 0 Å². The molecule has 1 aromatic heterocycles. The number of benzene rings is 2. The molecule has 1 amide bonds. The molecule has 1 heterocycles. The highest BCUT2D eigenvalue weighted by Crippen LogP contribution is 2.21. The van der Waals surface area contributed by atoms with Crippen molar-refractivity contribution in [2.24, 2.45) is 11.5 Å². The molecular formula is C19H19N5O3S. The van der Waals surface area contributed by atoms with Gasteiger partial charge >= 0.3 is 0 Å². The first-order chi connectivity index (χ1) is 13.4. The molecule has 0 spiro atoms. The van der Waals surface area contributed by atoms with Crippen LogP contribution < -0.4 is 16.2 Å². The average molecular weight is 397 g/mol. The van der Waals surface area contributed by atoms with E-state index in [1.807, 2.05) is 30.3 Å². The van der Waals surface area contributed by atoms with Crippen LogP contribution in [0.2, 0.25) is 0 Å². The molecule has 0 radical (unpaired) electrons. The number of nitrogens with zero attached hydrogens (tertiary/aromatic N) is 2. The molecule has 0 atom stereocenters. The summed E-state index contributed by atoms with van der Waals surface area (Å²) in [6, 6.07) is 15.4. The van der Waals surface area contributed by atoms with E-state index in [1.54, 1.807) is 12.1 Å². The third kappa shape index (κ3) is 4.39. The van der Waals surface area contributed by atoms with Gasteiger partial charge in [-0.05, 0) is 17.7 Å². The fourth-order valence-electron chi connectivity index (χ4n) is 2.58. The second-order valence-corrected chi connectivity index (χ2v) is 7.72. The standard InChI is InChI=1S/C19H19N5O3S/c20-10-16-18(19(21)25)24-17(12-22-16)14-7-4-8-15(9-14)28(26,27)23-11-13-5-2-1-3-6-13/h1-9,12,23H,10-11,20H2,(H2,21,25). The Hall–Kier alpha value is -3.14. The summed E-state index contributed by atoms with van der Waals surface area (Å²) in [4.78, 5) is 20.0. The van der Waals surface area contributed by atoms with Crippen LogP contribution in [0.25, 0.3) is 11.3 Å². The fraction of sp³-hybridized carbons (Fsp3) is 0.105. The highest BCUT2D eigenvalue weighted by atomic mass is 32.2. The Bertz CT molecular complexity index is 1100. The maximum absolute atomic E-state index is 12.6. The van der Waals surface area contributed by atoms with E-state index in [9.17, 15) is 13.2 Å². The van der Waals surface area contributed by atoms with Crippen molar-refractivity contribution in [2.45, 2.75) is 18.0 Å². The van der Waals surface area contributed by atoms with Crippen LogP contribution in [0.15, 0.2) is 65.7 Å². The summed E-state index contributed by atoms with van der Waals surface area (Å²) in [5.41, 5.74) is 12.8. The second-order valence-electron chi connectivity index (χ2n) is 5.96. The normalized spacial score (nSPS) is 11.3. The molecule has 0 saturated heterocycles. The Morgan fingerprint density at radius 1 is 1.07 bits per heavy atom. The molecule has 5 N–H and O–H groups in total. The SMILES string of the molecule is NCc1ncc(-c2cccc(S(=O)(=O)NCc3ccccc3)c2)nc1C(N)=O. The lowest BCUT2D eigenvalue weighted by molar-refractivity contribution is 0.0994. The number of aromatic nitrogens is 2. The Balaban J connectivity index is 1.90. The molecule has 0 bridgehead atoms. The van der Waals surface area contributed by atoms with E-state index in [-0.39, 0.29) is 29.4 Å². The first-order valence-corrected chi connectivity index (χ1v) is 9.89. The molecule has 2 aromatic carbocycles. The predicted molar refractivity (Wildman–Crippen MR) is 104 cm³/mol. The van der Waals surface area contributed by atoms with Crippen molar-refractivity contribution in [2.75, 3.05) is 0 Å². The number of hydrogen-bond donors (Lipinski definition) is 3. The number of sulfonamides is 1. The van der Waals surface area contributed by atoms with E-state index in [1.165, 1.54) is 18.3 Å². The highest BCUT2D eigenvalue weighted by Gasteiger charge is 2.17. The van der Waals surface area contributed by atoms with E-state index in [0.717, 1.165) is 5.56 Å². The summed E-state index contributed by atoms with van der Waals surface area (Å²) < 4.78 is 27.8. The molecule has 8 nitrogen and oxygen atoms in total. The first kappa shape index (κ1) is 19.6. The summed E-state index contributed by atoms with van der Waals surface area (Å²) in [5.74, 6) is -0.747. The van der Waals surface area contributed by atoms with Gasteiger partial charge in [0.2, 0.25) is 10.0 Å². The molecule has 0 fully saturated rings. The van der Waals surface area contributed by atoms with Gasteiger partial charge in [-0.25, -0.2) is 18.1 Å². The quantitative estimate of drug-likeness (QED) is 0.547. The van der Waals surface area contributed by atoms with E-state index < -0.39 is 15.9 Å². The minimum atomic E-state index is -3.74. The molecule has 0 saturated carbocycles. The van der Waals surface area contributed by atoms with Gasteiger partial charge in [0.1, 0.15) is 0 Å². The van der Waals surface area contributed by atoms with Gasteiger partial charge in [0.25, 0.3) is 5.91 Å². The van der Waals surface area contributed by atoms with Crippen molar-refractivity contribution in [1.82, 2.24) is 14.7 Å². The number of carbonyl (C=O) groups excluding carboxylic acids is 1. The van der Waals surface area contributed by atoms with Crippen molar-refractivity contribution < 1.29 is 13.2 Å². The van der Waals surface area contributed by atoms with Gasteiger partial charge in [-0.3, -0.25) is 9.78 Å². The number of hydrogen-bond acceptors (Lipinski definition) is 6. The van der Waals surface area contributed by atoms with Gasteiger partial charge in [0.15, 0.2) is 5.69 Å². The van der Waals surface area contributed by atoms with Crippen molar-refractivity contribution in [1.29, 1.82) is 0 Å². The van der Waals surface area contributed by atoms with Gasteiger partial charge in [-0.2, -0.15) is 0 Å². The van der Waals surface area contributed by atoms with Crippen molar-refractivity contribution >= 4 is 15.9 Å². The molecule has 144 valence electrons. The number of nitrogens with one attached hydrogen (secondary N) is 1. The first-order valence-electron chi connectivity index (χ1n) is 8.40. The molecule has 3 rings (SSSR count). The molecular weight excluding hydrogens is 378 g/mol. The summed E-state index contributed by atoms with van der Waals surface area (Å²) in [7, 11) is -3.74. The van der Waals surface area contributed by atoms with E-state index >= 15 is 0 Å². The highest BCUT2D eigenvalue weighted by molar-refractivity contribution is 7.89. The lowest BCUT2D eigenvalue weighted by Crippen LogP contribution is -2.23. The van der Waals surface area contributed by atoms with Crippen LogP contribution in [0.4, 0.5) is 0 Å². The molecule has 28 heavy (non-hydrogen) atoms. The van der Waals surface area contributed by atoms with Gasteiger partial charge in [-0.15, -0.1) is 0 Å². The Labute approximate surface area is 162 Å². The number of nitrogens with two attached hydrogens (primary N) is 2. The lowest BCUT2D eigenvalue weighted by atomic mass is 10.1. The maximum atomic E-state index is 12.6. The zero-order chi connectivity index (χ0) is 20.1. The van der Waals surface area contributed by atoms with Crippen molar-refractivity contribution in [3.8, 4) is 11.3 Å². The number of rotatable bonds is 7. The fourth-order valence-corrected chi connectivity index (χ4v) is 3.64. The third-order valence-corrected chi connectivity index (χ3v) is 5.42. The Morgan fingerprint density at radius 2 is 1.82 bits per heavy atom. The van der Waals surface area contributed by atoms with Gasteiger partial charge < -0.3 is 11.5 Å². The van der Waals surface area contributed by atoms with Gasteiger partial charge in [0.05, 0.1) is 22.5 Å². The van der Waals surface area contributed by atoms with Crippen molar-refractivity contribution in [3.63, 3.8) is 0 Å². The average Bonchev–Trinajstić information content (AvgIpc) is 2.72. The summed E-state index contributed by atoms with van der Waals surface area (Å²) in [6.45, 7) is 0.188. The summed E-state index contributed by atoms with van der Waals surface area (Å²) in [5, 5.41) is 0. The lowest BCUT2D eigenvalue weighted by Gasteiger charge is -2.10. The number of amides is 1. The molecule has 0 aliphatic carbocycles. The molecule has 9 heteroatoms. The van der Waals surface area contributed by atoms with Crippen LogP contribution in [0.1, 0.15) is 21.7 Å². The molecule has 0 aliphatic rings. The van der Waals surface area contributed by atoms with Gasteiger partial charge in [-0.1, -0.05) is 42.5 Å². The monoisotopic (exact) mass is 397 g/mol. The third-order valence-electron chi connectivity index (χ3n) is 4.02. The van der Waals surface area contributed by atoms with Crippen LogP contribution >= 0.6 is 0 Å². The van der Waals surface area contributed by atoms with E-state index in [2.05, 4.69) is 14.7 Å². The number of primary amides is 1. The molecule has 3 aromatic rings. The Kier molecular flexibility index (Phi) is 5.78. The summed E-state index contributed by atoms with van der Waals surface area (Å²) >= 11 is 0. The zero-order valence-electron chi connectivity index (χ0n) is 14.9.